The molecular formula is C17H17N3O4. The van der Waals surface area contributed by atoms with Gasteiger partial charge in [0.15, 0.2) is 5.57 Å². The number of aryl methyl sites for hydroxylation is 1. The molecule has 1 N–H and O–H groups in total. The Morgan fingerprint density at radius 2 is 1.71 bits per heavy atom. The van der Waals surface area contributed by atoms with Crippen LogP contribution in [0.3, 0.4) is 0 Å². The van der Waals surface area contributed by atoms with E-state index in [0.29, 0.717) is 5.69 Å². The standard InChI is InChI=1S/C17H17N3O4/c1-11-8-9-20(19-11)13-6-4-12(5-7-13)18-10-14-15(21)23-17(2,3)24-16(14)22/h4-10,18H,1-3H3. The first-order valence-electron chi connectivity index (χ1n) is 7.40. The summed E-state index contributed by atoms with van der Waals surface area (Å²) in [5.74, 6) is -2.67. The third kappa shape index (κ3) is 3.29. The van der Waals surface area contributed by atoms with E-state index in [1.54, 1.807) is 4.68 Å². The molecule has 7 heteroatoms. The van der Waals surface area contributed by atoms with Crippen molar-refractivity contribution in [1.82, 2.24) is 9.78 Å². The quantitative estimate of drug-likeness (QED) is 0.529. The molecule has 1 fully saturated rings. The van der Waals surface area contributed by atoms with Crippen molar-refractivity contribution in [2.24, 2.45) is 0 Å². The number of ether oxygens (including phenoxy) is 2. The fraction of sp³-hybridized carbons (Fsp3) is 0.235. The summed E-state index contributed by atoms with van der Waals surface area (Å²) >= 11 is 0. The number of benzene rings is 1. The molecule has 0 radical (unpaired) electrons. The lowest BCUT2D eigenvalue weighted by atomic mass is 10.2. The van der Waals surface area contributed by atoms with E-state index in [1.165, 1.54) is 20.0 Å². The van der Waals surface area contributed by atoms with Crippen LogP contribution in [-0.4, -0.2) is 27.5 Å². The Morgan fingerprint density at radius 1 is 1.08 bits per heavy atom. The van der Waals surface area contributed by atoms with Gasteiger partial charge >= 0.3 is 11.9 Å². The summed E-state index contributed by atoms with van der Waals surface area (Å²) < 4.78 is 11.8. The normalized spacial score (nSPS) is 16.4. The Morgan fingerprint density at radius 3 is 2.25 bits per heavy atom. The smallest absolute Gasteiger partial charge is 0.350 e. The molecule has 1 aromatic heterocycles. The Kier molecular flexibility index (Phi) is 3.84. The minimum absolute atomic E-state index is 0.180. The van der Waals surface area contributed by atoms with E-state index in [2.05, 4.69) is 10.4 Å². The van der Waals surface area contributed by atoms with Crippen LogP contribution in [0.4, 0.5) is 5.69 Å². The Hall–Kier alpha value is -3.09. The molecule has 0 unspecified atom stereocenters. The van der Waals surface area contributed by atoms with Gasteiger partial charge in [0.2, 0.25) is 0 Å². The number of anilines is 1. The number of aromatic nitrogens is 2. The lowest BCUT2D eigenvalue weighted by molar-refractivity contribution is -0.222. The number of rotatable bonds is 3. The first-order valence-corrected chi connectivity index (χ1v) is 7.40. The monoisotopic (exact) mass is 327 g/mol. The Balaban J connectivity index is 1.72. The summed E-state index contributed by atoms with van der Waals surface area (Å²) in [6.07, 6.45) is 3.16. The molecule has 1 aliphatic rings. The van der Waals surface area contributed by atoms with Crippen molar-refractivity contribution >= 4 is 17.6 Å². The van der Waals surface area contributed by atoms with Gasteiger partial charge in [-0.1, -0.05) is 0 Å². The first-order chi connectivity index (χ1) is 11.3. The zero-order chi connectivity index (χ0) is 17.3. The average Bonchev–Trinajstić information content (AvgIpc) is 2.92. The SMILES string of the molecule is Cc1ccn(-c2ccc(NC=C3C(=O)OC(C)(C)OC3=O)cc2)n1. The molecule has 0 saturated carbocycles. The molecule has 124 valence electrons. The highest BCUT2D eigenvalue weighted by molar-refractivity contribution is 6.15. The van der Waals surface area contributed by atoms with Crippen LogP contribution in [0.1, 0.15) is 19.5 Å². The number of nitrogens with one attached hydrogen (secondary N) is 1. The third-order valence-electron chi connectivity index (χ3n) is 3.35. The second kappa shape index (κ2) is 5.84. The topological polar surface area (TPSA) is 82.5 Å². The number of hydrogen-bond acceptors (Lipinski definition) is 6. The third-order valence-corrected chi connectivity index (χ3v) is 3.35. The lowest BCUT2D eigenvalue weighted by Crippen LogP contribution is -2.42. The van der Waals surface area contributed by atoms with Gasteiger partial charge in [0.25, 0.3) is 5.79 Å². The van der Waals surface area contributed by atoms with Crippen LogP contribution in [0.5, 0.6) is 0 Å². The maximum Gasteiger partial charge on any atom is 0.350 e. The van der Waals surface area contributed by atoms with Gasteiger partial charge in [0.05, 0.1) is 11.4 Å². The van der Waals surface area contributed by atoms with Crippen LogP contribution in [0.2, 0.25) is 0 Å². The summed E-state index contributed by atoms with van der Waals surface area (Å²) in [6.45, 7) is 4.92. The Labute approximate surface area is 138 Å². The zero-order valence-electron chi connectivity index (χ0n) is 13.6. The van der Waals surface area contributed by atoms with Crippen molar-refractivity contribution in [3.8, 4) is 5.69 Å². The van der Waals surface area contributed by atoms with Gasteiger partial charge in [-0.25, -0.2) is 14.3 Å². The number of nitrogens with zero attached hydrogens (tertiary/aromatic N) is 2. The minimum atomic E-state index is -1.24. The second-order valence-electron chi connectivity index (χ2n) is 5.83. The molecule has 24 heavy (non-hydrogen) atoms. The Bertz CT molecular complexity index is 797. The van der Waals surface area contributed by atoms with Crippen molar-refractivity contribution in [1.29, 1.82) is 0 Å². The highest BCUT2D eigenvalue weighted by Gasteiger charge is 2.38. The van der Waals surface area contributed by atoms with Gasteiger partial charge in [-0.2, -0.15) is 5.10 Å². The highest BCUT2D eigenvalue weighted by atomic mass is 16.7. The van der Waals surface area contributed by atoms with Crippen molar-refractivity contribution in [2.45, 2.75) is 26.6 Å². The van der Waals surface area contributed by atoms with Crippen LogP contribution < -0.4 is 5.32 Å². The first kappa shape index (κ1) is 15.8. The molecule has 0 bridgehead atoms. The van der Waals surface area contributed by atoms with Crippen LogP contribution in [-0.2, 0) is 19.1 Å². The van der Waals surface area contributed by atoms with Crippen molar-refractivity contribution < 1.29 is 19.1 Å². The van der Waals surface area contributed by atoms with Gasteiger partial charge in [-0.05, 0) is 37.3 Å². The minimum Gasteiger partial charge on any atom is -0.419 e. The van der Waals surface area contributed by atoms with Gasteiger partial charge in [-0.15, -0.1) is 0 Å². The van der Waals surface area contributed by atoms with Gasteiger partial charge in [-0.3, -0.25) is 0 Å². The molecule has 1 aromatic carbocycles. The van der Waals surface area contributed by atoms with Crippen molar-refractivity contribution in [3.05, 3.63) is 54.0 Å². The van der Waals surface area contributed by atoms with Gasteiger partial charge in [0, 0.05) is 31.9 Å². The average molecular weight is 327 g/mol. The largest absolute Gasteiger partial charge is 0.419 e. The lowest BCUT2D eigenvalue weighted by Gasteiger charge is -2.29. The van der Waals surface area contributed by atoms with Crippen LogP contribution in [0, 0.1) is 6.92 Å². The maximum absolute atomic E-state index is 11.8. The van der Waals surface area contributed by atoms with Gasteiger partial charge in [0.1, 0.15) is 0 Å². The van der Waals surface area contributed by atoms with E-state index in [9.17, 15) is 9.59 Å². The summed E-state index contributed by atoms with van der Waals surface area (Å²) in [4.78, 5) is 23.7. The molecule has 1 aliphatic heterocycles. The molecule has 1 saturated heterocycles. The van der Waals surface area contributed by atoms with Gasteiger partial charge < -0.3 is 14.8 Å². The molecule has 3 rings (SSSR count). The van der Waals surface area contributed by atoms with Crippen LogP contribution in [0.15, 0.2) is 48.3 Å². The zero-order valence-corrected chi connectivity index (χ0v) is 13.6. The van der Waals surface area contributed by atoms with E-state index in [-0.39, 0.29) is 5.57 Å². The van der Waals surface area contributed by atoms with Crippen molar-refractivity contribution in [3.63, 3.8) is 0 Å². The van der Waals surface area contributed by atoms with Crippen LogP contribution >= 0.6 is 0 Å². The molecule has 2 aromatic rings. The number of hydrogen-bond donors (Lipinski definition) is 1. The molecule has 0 atom stereocenters. The molecule has 0 aliphatic carbocycles. The second-order valence-corrected chi connectivity index (χ2v) is 5.83. The predicted octanol–water partition coefficient (Wildman–Crippen LogP) is 2.31. The number of carbonyl (C=O) groups is 2. The molecule has 0 amide bonds. The predicted molar refractivity (Wildman–Crippen MR) is 86.3 cm³/mol. The summed E-state index contributed by atoms with van der Waals surface area (Å²) in [5, 5.41) is 7.22. The fourth-order valence-corrected chi connectivity index (χ4v) is 2.20. The number of carbonyl (C=O) groups excluding carboxylic acids is 2. The van der Waals surface area contributed by atoms with Crippen molar-refractivity contribution in [2.75, 3.05) is 5.32 Å². The highest BCUT2D eigenvalue weighted by Crippen LogP contribution is 2.23. The van der Waals surface area contributed by atoms with E-state index < -0.39 is 17.7 Å². The maximum atomic E-state index is 11.8. The summed E-state index contributed by atoms with van der Waals surface area (Å²) in [5.41, 5.74) is 2.36. The number of esters is 2. The van der Waals surface area contributed by atoms with Crippen LogP contribution in [0.25, 0.3) is 5.69 Å². The van der Waals surface area contributed by atoms with E-state index in [4.69, 9.17) is 9.47 Å². The molecule has 2 heterocycles. The van der Waals surface area contributed by atoms with E-state index in [0.717, 1.165) is 11.4 Å². The summed E-state index contributed by atoms with van der Waals surface area (Å²) in [6, 6.07) is 9.28. The van der Waals surface area contributed by atoms with E-state index >= 15 is 0 Å². The molecular weight excluding hydrogens is 310 g/mol. The molecule has 7 nitrogen and oxygen atoms in total. The summed E-state index contributed by atoms with van der Waals surface area (Å²) in [7, 11) is 0. The number of cyclic esters (lactones) is 2. The fourth-order valence-electron chi connectivity index (χ4n) is 2.20. The van der Waals surface area contributed by atoms with E-state index in [1.807, 2.05) is 43.5 Å². The molecule has 0 spiro atoms.